The second kappa shape index (κ2) is 9.14. The van der Waals surface area contributed by atoms with Crippen molar-refractivity contribution in [3.63, 3.8) is 0 Å². The Kier molecular flexibility index (Phi) is 5.88. The first-order valence-electron chi connectivity index (χ1n) is 11.5. The molecule has 1 aliphatic rings. The first-order valence-corrected chi connectivity index (χ1v) is 11.5. The molecule has 2 N–H and O–H groups in total. The zero-order valence-electron chi connectivity index (χ0n) is 19.2. The smallest absolute Gasteiger partial charge is 0.244 e. The lowest BCUT2D eigenvalue weighted by Gasteiger charge is -2.21. The fourth-order valence-electron chi connectivity index (χ4n) is 4.55. The Morgan fingerprint density at radius 2 is 1.71 bits per heavy atom. The van der Waals surface area contributed by atoms with E-state index in [0.29, 0.717) is 24.3 Å². The molecule has 3 aromatic carbocycles. The number of carbonyl (C=O) groups is 1. The third-order valence-electron chi connectivity index (χ3n) is 6.47. The van der Waals surface area contributed by atoms with E-state index < -0.39 is 0 Å². The van der Waals surface area contributed by atoms with Crippen molar-refractivity contribution in [2.24, 2.45) is 0 Å². The van der Waals surface area contributed by atoms with Gasteiger partial charge in [-0.05, 0) is 78.4 Å². The van der Waals surface area contributed by atoms with Gasteiger partial charge in [0.1, 0.15) is 12.4 Å². The number of hydrogen-bond donors (Lipinski definition) is 1. The number of aryl methyl sites for hydroxylation is 1. The van der Waals surface area contributed by atoms with Gasteiger partial charge in [0, 0.05) is 24.3 Å². The summed E-state index contributed by atoms with van der Waals surface area (Å²) in [5.74, 6) is -0.214. The SMILES string of the molecule is Cc1cc(-c2cc(-c3ccccc3)n(CC(=O)N3CCc4ccc(N)cc4CC3)n2)ccc1F. The highest BCUT2D eigenvalue weighted by Gasteiger charge is 2.21. The molecule has 6 heteroatoms. The van der Waals surface area contributed by atoms with Gasteiger partial charge in [0.25, 0.3) is 0 Å². The molecule has 0 spiro atoms. The van der Waals surface area contributed by atoms with Crippen molar-refractivity contribution in [2.75, 3.05) is 18.8 Å². The second-order valence-corrected chi connectivity index (χ2v) is 8.81. The highest BCUT2D eigenvalue weighted by Crippen LogP contribution is 2.28. The van der Waals surface area contributed by atoms with Gasteiger partial charge in [0.15, 0.2) is 0 Å². The number of nitrogen functional groups attached to an aromatic ring is 1. The largest absolute Gasteiger partial charge is 0.399 e. The van der Waals surface area contributed by atoms with Crippen LogP contribution in [0.25, 0.3) is 22.5 Å². The van der Waals surface area contributed by atoms with Gasteiger partial charge in [0.05, 0.1) is 11.4 Å². The zero-order valence-corrected chi connectivity index (χ0v) is 19.2. The topological polar surface area (TPSA) is 64.2 Å². The molecular formula is C28H27FN4O. The molecule has 1 aliphatic heterocycles. The normalized spacial score (nSPS) is 13.4. The average Bonchev–Trinajstić information content (AvgIpc) is 3.14. The van der Waals surface area contributed by atoms with Crippen molar-refractivity contribution in [3.05, 3.63) is 95.3 Å². The lowest BCUT2D eigenvalue weighted by molar-refractivity contribution is -0.131. The molecule has 0 bridgehead atoms. The van der Waals surface area contributed by atoms with Crippen molar-refractivity contribution in [1.29, 1.82) is 0 Å². The molecule has 0 atom stereocenters. The molecule has 0 saturated carbocycles. The minimum Gasteiger partial charge on any atom is -0.399 e. The molecule has 172 valence electrons. The van der Waals surface area contributed by atoms with E-state index in [2.05, 4.69) is 6.07 Å². The van der Waals surface area contributed by atoms with Gasteiger partial charge < -0.3 is 10.6 Å². The van der Waals surface area contributed by atoms with Crippen LogP contribution in [0.5, 0.6) is 0 Å². The van der Waals surface area contributed by atoms with Crippen LogP contribution in [-0.2, 0) is 24.2 Å². The van der Waals surface area contributed by atoms with Crippen molar-refractivity contribution in [3.8, 4) is 22.5 Å². The second-order valence-electron chi connectivity index (χ2n) is 8.81. The van der Waals surface area contributed by atoms with Gasteiger partial charge >= 0.3 is 0 Å². The lowest BCUT2D eigenvalue weighted by atomic mass is 10.0. The summed E-state index contributed by atoms with van der Waals surface area (Å²) in [4.78, 5) is 15.3. The Balaban J connectivity index is 1.42. The van der Waals surface area contributed by atoms with E-state index >= 15 is 0 Å². The Hall–Kier alpha value is -3.93. The highest BCUT2D eigenvalue weighted by molar-refractivity contribution is 5.78. The van der Waals surface area contributed by atoms with E-state index in [4.69, 9.17) is 10.8 Å². The minimum absolute atomic E-state index is 0.0305. The average molecular weight is 455 g/mol. The number of benzene rings is 3. The summed E-state index contributed by atoms with van der Waals surface area (Å²) in [6.45, 7) is 3.20. The minimum atomic E-state index is -0.245. The number of fused-ring (bicyclic) bond motifs is 1. The number of nitrogens with two attached hydrogens (primary N) is 1. The zero-order chi connectivity index (χ0) is 23.7. The number of amides is 1. The molecule has 0 aliphatic carbocycles. The maximum atomic E-state index is 13.8. The number of carbonyl (C=O) groups excluding carboxylic acids is 1. The van der Waals surface area contributed by atoms with E-state index in [1.807, 2.05) is 53.4 Å². The van der Waals surface area contributed by atoms with E-state index in [9.17, 15) is 9.18 Å². The van der Waals surface area contributed by atoms with Gasteiger partial charge in [-0.15, -0.1) is 0 Å². The molecule has 4 aromatic rings. The molecule has 34 heavy (non-hydrogen) atoms. The monoisotopic (exact) mass is 454 g/mol. The van der Waals surface area contributed by atoms with Gasteiger partial charge in [0.2, 0.25) is 5.91 Å². The molecule has 0 fully saturated rings. The summed E-state index contributed by atoms with van der Waals surface area (Å²) in [6, 6.07) is 22.8. The fraction of sp³-hybridized carbons (Fsp3) is 0.214. The maximum absolute atomic E-state index is 13.8. The van der Waals surface area contributed by atoms with Crippen LogP contribution < -0.4 is 5.73 Å². The summed E-state index contributed by atoms with van der Waals surface area (Å²) < 4.78 is 15.6. The molecule has 0 radical (unpaired) electrons. The molecule has 1 aromatic heterocycles. The summed E-state index contributed by atoms with van der Waals surface area (Å²) in [7, 11) is 0. The first kappa shape index (κ1) is 21.9. The molecule has 5 rings (SSSR count). The van der Waals surface area contributed by atoms with Crippen LogP contribution in [-0.4, -0.2) is 33.7 Å². The third kappa shape index (κ3) is 4.44. The van der Waals surface area contributed by atoms with E-state index in [-0.39, 0.29) is 18.3 Å². The fourth-order valence-corrected chi connectivity index (χ4v) is 4.55. The summed E-state index contributed by atoms with van der Waals surface area (Å²) >= 11 is 0. The Labute approximate surface area is 198 Å². The molecule has 2 heterocycles. The maximum Gasteiger partial charge on any atom is 0.244 e. The van der Waals surface area contributed by atoms with Crippen molar-refractivity contribution < 1.29 is 9.18 Å². The lowest BCUT2D eigenvalue weighted by Crippen LogP contribution is -2.36. The van der Waals surface area contributed by atoms with Crippen LogP contribution in [0.1, 0.15) is 16.7 Å². The predicted octanol–water partition coefficient (Wildman–Crippen LogP) is 4.87. The predicted molar refractivity (Wildman–Crippen MR) is 133 cm³/mol. The molecule has 0 saturated heterocycles. The van der Waals surface area contributed by atoms with Gasteiger partial charge in [-0.1, -0.05) is 36.4 Å². The van der Waals surface area contributed by atoms with E-state index in [0.717, 1.165) is 35.3 Å². The number of rotatable bonds is 4. The standard InChI is InChI=1S/C28H27FN4O/c1-19-15-23(8-10-25(19)29)26-17-27(21-5-3-2-4-6-21)33(31-26)18-28(34)32-13-11-20-7-9-24(30)16-22(20)12-14-32/h2-10,15-17H,11-14,18,30H2,1H3. The van der Waals surface area contributed by atoms with Crippen LogP contribution in [0.15, 0.2) is 72.8 Å². The van der Waals surface area contributed by atoms with Crippen LogP contribution in [0, 0.1) is 12.7 Å². The van der Waals surface area contributed by atoms with Crippen LogP contribution in [0.3, 0.4) is 0 Å². The van der Waals surface area contributed by atoms with Gasteiger partial charge in [-0.2, -0.15) is 5.10 Å². The van der Waals surface area contributed by atoms with E-state index in [1.54, 1.807) is 23.7 Å². The van der Waals surface area contributed by atoms with Crippen molar-refractivity contribution in [1.82, 2.24) is 14.7 Å². The Morgan fingerprint density at radius 1 is 0.941 bits per heavy atom. The van der Waals surface area contributed by atoms with Crippen molar-refractivity contribution in [2.45, 2.75) is 26.3 Å². The van der Waals surface area contributed by atoms with Crippen LogP contribution >= 0.6 is 0 Å². The Morgan fingerprint density at radius 3 is 2.47 bits per heavy atom. The summed E-state index contributed by atoms with van der Waals surface area (Å²) in [5.41, 5.74) is 13.1. The first-order chi connectivity index (χ1) is 16.5. The highest BCUT2D eigenvalue weighted by atomic mass is 19.1. The number of nitrogens with zero attached hydrogens (tertiary/aromatic N) is 3. The summed E-state index contributed by atoms with van der Waals surface area (Å²) in [5, 5.41) is 4.77. The molecular weight excluding hydrogens is 427 g/mol. The molecule has 1 amide bonds. The molecule has 5 nitrogen and oxygen atoms in total. The number of anilines is 1. The van der Waals surface area contributed by atoms with Gasteiger partial charge in [-0.25, -0.2) is 4.39 Å². The van der Waals surface area contributed by atoms with Crippen LogP contribution in [0.2, 0.25) is 0 Å². The number of halogens is 1. The third-order valence-corrected chi connectivity index (χ3v) is 6.47. The summed E-state index contributed by atoms with van der Waals surface area (Å²) in [6.07, 6.45) is 1.60. The van der Waals surface area contributed by atoms with Gasteiger partial charge in [-0.3, -0.25) is 9.48 Å². The Bertz CT molecular complexity index is 1350. The van der Waals surface area contributed by atoms with Crippen LogP contribution in [0.4, 0.5) is 10.1 Å². The van der Waals surface area contributed by atoms with E-state index in [1.165, 1.54) is 17.2 Å². The number of aromatic nitrogens is 2. The molecule has 0 unspecified atom stereocenters. The number of hydrogen-bond acceptors (Lipinski definition) is 3. The quantitative estimate of drug-likeness (QED) is 0.447. The van der Waals surface area contributed by atoms with Crippen molar-refractivity contribution >= 4 is 11.6 Å².